The van der Waals surface area contributed by atoms with Crippen LogP contribution in [0.5, 0.6) is 0 Å². The summed E-state index contributed by atoms with van der Waals surface area (Å²) in [7, 11) is 0. The van der Waals surface area contributed by atoms with Crippen LogP contribution < -0.4 is 5.32 Å². The molecule has 6 heteroatoms. The van der Waals surface area contributed by atoms with Gasteiger partial charge in [0.15, 0.2) is 5.82 Å². The van der Waals surface area contributed by atoms with E-state index >= 15 is 0 Å². The van der Waals surface area contributed by atoms with E-state index in [4.69, 9.17) is 16.3 Å². The highest BCUT2D eigenvalue weighted by Crippen LogP contribution is 2.25. The number of nitrogens with one attached hydrogen (secondary N) is 1. The van der Waals surface area contributed by atoms with Gasteiger partial charge in [-0.1, -0.05) is 11.6 Å². The van der Waals surface area contributed by atoms with E-state index in [2.05, 4.69) is 15.3 Å². The van der Waals surface area contributed by atoms with Crippen molar-refractivity contribution in [2.75, 3.05) is 18.5 Å². The van der Waals surface area contributed by atoms with Crippen LogP contribution in [0.4, 0.5) is 10.2 Å². The Kier molecular flexibility index (Phi) is 5.47. The van der Waals surface area contributed by atoms with Crippen LogP contribution in [0.2, 0.25) is 5.02 Å². The molecule has 21 heavy (non-hydrogen) atoms. The average Bonchev–Trinajstić information content (AvgIpc) is 2.45. The van der Waals surface area contributed by atoms with Crippen molar-refractivity contribution >= 4 is 17.4 Å². The molecule has 0 spiro atoms. The van der Waals surface area contributed by atoms with Crippen molar-refractivity contribution in [2.45, 2.75) is 20.5 Å². The van der Waals surface area contributed by atoms with E-state index in [0.29, 0.717) is 41.1 Å². The minimum absolute atomic E-state index is 0.290. The van der Waals surface area contributed by atoms with Crippen LogP contribution in [0.1, 0.15) is 19.7 Å². The van der Waals surface area contributed by atoms with Gasteiger partial charge >= 0.3 is 0 Å². The maximum atomic E-state index is 14.0. The summed E-state index contributed by atoms with van der Waals surface area (Å²) in [5, 5.41) is 3.46. The molecule has 0 atom stereocenters. The number of rotatable bonds is 6. The van der Waals surface area contributed by atoms with E-state index in [0.717, 1.165) is 0 Å². The summed E-state index contributed by atoms with van der Waals surface area (Å²) in [5.41, 5.74) is 0.892. The zero-order valence-corrected chi connectivity index (χ0v) is 12.7. The third-order valence-corrected chi connectivity index (χ3v) is 3.01. The molecule has 0 saturated carbocycles. The molecule has 4 nitrogen and oxygen atoms in total. The molecular weight excluding hydrogens is 293 g/mol. The van der Waals surface area contributed by atoms with Crippen LogP contribution in [0.25, 0.3) is 11.3 Å². The minimum Gasteiger partial charge on any atom is -0.374 e. The van der Waals surface area contributed by atoms with Crippen molar-refractivity contribution in [1.29, 1.82) is 0 Å². The predicted molar refractivity (Wildman–Crippen MR) is 81.9 cm³/mol. The van der Waals surface area contributed by atoms with Crippen LogP contribution in [0.3, 0.4) is 0 Å². The van der Waals surface area contributed by atoms with E-state index in [1.807, 2.05) is 13.8 Å². The van der Waals surface area contributed by atoms with Crippen molar-refractivity contribution < 1.29 is 9.13 Å². The van der Waals surface area contributed by atoms with Crippen molar-refractivity contribution in [2.24, 2.45) is 0 Å². The van der Waals surface area contributed by atoms with Gasteiger partial charge in [-0.3, -0.25) is 0 Å². The van der Waals surface area contributed by atoms with Gasteiger partial charge < -0.3 is 10.1 Å². The third kappa shape index (κ3) is 4.12. The largest absolute Gasteiger partial charge is 0.374 e. The highest BCUT2D eigenvalue weighted by atomic mass is 35.5. The van der Waals surface area contributed by atoms with Gasteiger partial charge in [-0.2, -0.15) is 0 Å². The van der Waals surface area contributed by atoms with Crippen molar-refractivity contribution in [3.63, 3.8) is 0 Å². The highest BCUT2D eigenvalue weighted by molar-refractivity contribution is 6.30. The molecule has 112 valence electrons. The molecule has 0 bridgehead atoms. The van der Waals surface area contributed by atoms with Crippen molar-refractivity contribution in [3.05, 3.63) is 40.9 Å². The molecule has 1 heterocycles. The first kappa shape index (κ1) is 15.7. The minimum atomic E-state index is -0.411. The van der Waals surface area contributed by atoms with Gasteiger partial charge in [0.1, 0.15) is 18.2 Å². The van der Waals surface area contributed by atoms with Gasteiger partial charge in [-0.25, -0.2) is 14.4 Å². The van der Waals surface area contributed by atoms with Crippen LogP contribution in [-0.2, 0) is 11.3 Å². The van der Waals surface area contributed by atoms with Gasteiger partial charge in [-0.05, 0) is 32.0 Å². The zero-order valence-electron chi connectivity index (χ0n) is 12.0. The first-order valence-electron chi connectivity index (χ1n) is 6.79. The normalized spacial score (nSPS) is 10.7. The molecule has 0 aliphatic heterocycles. The van der Waals surface area contributed by atoms with E-state index in [1.54, 1.807) is 18.2 Å². The zero-order chi connectivity index (χ0) is 15.2. The first-order chi connectivity index (χ1) is 10.1. The van der Waals surface area contributed by atoms with Gasteiger partial charge in [0, 0.05) is 29.8 Å². The van der Waals surface area contributed by atoms with E-state index < -0.39 is 5.82 Å². The molecule has 0 unspecified atom stereocenters. The SMILES string of the molecule is CCNc1cc(-c2ccc(Cl)cc2F)nc(COCC)n1. The summed E-state index contributed by atoms with van der Waals surface area (Å²) in [6.07, 6.45) is 0. The number of benzene rings is 1. The summed E-state index contributed by atoms with van der Waals surface area (Å²) in [5.74, 6) is 0.747. The Morgan fingerprint density at radius 2 is 2.05 bits per heavy atom. The molecule has 1 N–H and O–H groups in total. The third-order valence-electron chi connectivity index (χ3n) is 2.77. The Balaban J connectivity index is 2.43. The lowest BCUT2D eigenvalue weighted by atomic mass is 10.1. The smallest absolute Gasteiger partial charge is 0.157 e. The average molecular weight is 310 g/mol. The van der Waals surface area contributed by atoms with Crippen molar-refractivity contribution in [1.82, 2.24) is 9.97 Å². The van der Waals surface area contributed by atoms with Gasteiger partial charge in [0.05, 0.1) is 5.69 Å². The summed E-state index contributed by atoms with van der Waals surface area (Å²) in [6, 6.07) is 6.23. The molecule has 0 amide bonds. The lowest BCUT2D eigenvalue weighted by Gasteiger charge is -2.10. The van der Waals surface area contributed by atoms with E-state index in [1.165, 1.54) is 6.07 Å². The maximum absolute atomic E-state index is 14.0. The van der Waals surface area contributed by atoms with Crippen molar-refractivity contribution in [3.8, 4) is 11.3 Å². The molecule has 1 aromatic heterocycles. The summed E-state index contributed by atoms with van der Waals surface area (Å²) >= 11 is 5.78. The molecule has 2 aromatic rings. The predicted octanol–water partition coefficient (Wildman–Crippen LogP) is 3.90. The molecule has 0 fully saturated rings. The van der Waals surface area contributed by atoms with Gasteiger partial charge in [0.2, 0.25) is 0 Å². The fourth-order valence-electron chi connectivity index (χ4n) is 1.86. The molecule has 0 saturated heterocycles. The molecule has 0 aliphatic carbocycles. The number of nitrogens with zero attached hydrogens (tertiary/aromatic N) is 2. The van der Waals surface area contributed by atoms with Crippen LogP contribution in [0, 0.1) is 5.82 Å². The standard InChI is InChI=1S/C15H17ClFN3O/c1-3-18-14-8-13(19-15(20-14)9-21-4-2)11-6-5-10(16)7-12(11)17/h5-8H,3-4,9H2,1-2H3,(H,18,19,20). The summed E-state index contributed by atoms with van der Waals surface area (Å²) in [6.45, 7) is 5.44. The number of hydrogen-bond acceptors (Lipinski definition) is 4. The number of halogens is 2. The second kappa shape index (κ2) is 7.33. The van der Waals surface area contributed by atoms with E-state index in [9.17, 15) is 4.39 Å². The molecule has 2 rings (SSSR count). The lowest BCUT2D eigenvalue weighted by Crippen LogP contribution is -2.06. The highest BCUT2D eigenvalue weighted by Gasteiger charge is 2.11. The lowest BCUT2D eigenvalue weighted by molar-refractivity contribution is 0.128. The number of ether oxygens (including phenoxy) is 1. The molecule has 1 aromatic carbocycles. The molecule has 0 aliphatic rings. The quantitative estimate of drug-likeness (QED) is 0.879. The van der Waals surface area contributed by atoms with Gasteiger partial charge in [-0.15, -0.1) is 0 Å². The summed E-state index contributed by atoms with van der Waals surface area (Å²) in [4.78, 5) is 8.69. The van der Waals surface area contributed by atoms with Crippen LogP contribution in [-0.4, -0.2) is 23.1 Å². The summed E-state index contributed by atoms with van der Waals surface area (Å²) < 4.78 is 19.4. The topological polar surface area (TPSA) is 47.0 Å². The Hall–Kier alpha value is -1.72. The Bertz CT molecular complexity index is 622. The maximum Gasteiger partial charge on any atom is 0.157 e. The molecular formula is C15H17ClFN3O. The van der Waals surface area contributed by atoms with Crippen LogP contribution in [0.15, 0.2) is 24.3 Å². The monoisotopic (exact) mass is 309 g/mol. The van der Waals surface area contributed by atoms with Gasteiger partial charge in [0.25, 0.3) is 0 Å². The van der Waals surface area contributed by atoms with Crippen LogP contribution >= 0.6 is 11.6 Å². The number of anilines is 1. The number of aromatic nitrogens is 2. The Morgan fingerprint density at radius 3 is 2.71 bits per heavy atom. The Morgan fingerprint density at radius 1 is 1.24 bits per heavy atom. The first-order valence-corrected chi connectivity index (χ1v) is 7.16. The van der Waals surface area contributed by atoms with E-state index in [-0.39, 0.29) is 6.61 Å². The molecule has 0 radical (unpaired) electrons. The fourth-order valence-corrected chi connectivity index (χ4v) is 2.02. The second-order valence-corrected chi connectivity index (χ2v) is 4.78. The Labute approximate surface area is 128 Å². The second-order valence-electron chi connectivity index (χ2n) is 4.35. The number of hydrogen-bond donors (Lipinski definition) is 1. The fraction of sp³-hybridized carbons (Fsp3) is 0.333.